The van der Waals surface area contributed by atoms with Crippen molar-refractivity contribution in [3.63, 3.8) is 0 Å². The van der Waals surface area contributed by atoms with Gasteiger partial charge in [0.2, 0.25) is 6.10 Å². The van der Waals surface area contributed by atoms with Gasteiger partial charge in [0.05, 0.1) is 11.8 Å². The highest BCUT2D eigenvalue weighted by molar-refractivity contribution is 6.07. The van der Waals surface area contributed by atoms with Crippen molar-refractivity contribution >= 4 is 29.2 Å². The summed E-state index contributed by atoms with van der Waals surface area (Å²) in [5.74, 6) is -1.79. The van der Waals surface area contributed by atoms with E-state index in [0.29, 0.717) is 23.4 Å². The molecule has 2 heterocycles. The molecular weight excluding hydrogens is 458 g/mol. The second-order valence-electron chi connectivity index (χ2n) is 8.86. The van der Waals surface area contributed by atoms with Crippen molar-refractivity contribution in [1.82, 2.24) is 5.32 Å². The summed E-state index contributed by atoms with van der Waals surface area (Å²) >= 11 is 0. The van der Waals surface area contributed by atoms with Gasteiger partial charge >= 0.3 is 5.97 Å². The summed E-state index contributed by atoms with van der Waals surface area (Å²) < 4.78 is 0. The van der Waals surface area contributed by atoms with E-state index in [-0.39, 0.29) is 18.7 Å². The van der Waals surface area contributed by atoms with Crippen LogP contribution in [0.15, 0.2) is 90.1 Å². The zero-order valence-electron chi connectivity index (χ0n) is 19.4. The molecule has 2 aliphatic heterocycles. The Morgan fingerprint density at radius 1 is 0.944 bits per heavy atom. The number of carbonyl (C=O) groups is 3. The van der Waals surface area contributed by atoms with E-state index in [2.05, 4.69) is 10.5 Å². The highest BCUT2D eigenvalue weighted by Crippen LogP contribution is 2.34. The molecule has 3 atom stereocenters. The van der Waals surface area contributed by atoms with Gasteiger partial charge in [0.1, 0.15) is 6.04 Å². The summed E-state index contributed by atoms with van der Waals surface area (Å²) in [4.78, 5) is 45.2. The Balaban J connectivity index is 1.35. The highest BCUT2D eigenvalue weighted by Gasteiger charge is 2.44. The summed E-state index contributed by atoms with van der Waals surface area (Å²) in [5, 5.41) is 17.0. The minimum atomic E-state index is -1.07. The van der Waals surface area contributed by atoms with Gasteiger partial charge in [-0.15, -0.1) is 0 Å². The number of carbonyl (C=O) groups excluding carboxylic acids is 2. The van der Waals surface area contributed by atoms with Crippen molar-refractivity contribution in [2.24, 2.45) is 5.16 Å². The maximum absolute atomic E-state index is 13.5. The van der Waals surface area contributed by atoms with Gasteiger partial charge < -0.3 is 15.3 Å². The molecule has 0 fully saturated rings. The van der Waals surface area contributed by atoms with E-state index in [0.717, 1.165) is 11.1 Å². The monoisotopic (exact) mass is 483 g/mol. The number of benzene rings is 3. The number of nitrogens with one attached hydrogen (secondary N) is 1. The number of carboxylic acid groups (broad SMARTS) is 1. The maximum atomic E-state index is 13.5. The zero-order chi connectivity index (χ0) is 25.1. The van der Waals surface area contributed by atoms with E-state index in [9.17, 15) is 19.5 Å². The van der Waals surface area contributed by atoms with Gasteiger partial charge in [0, 0.05) is 24.1 Å². The number of hydrogen-bond acceptors (Lipinski definition) is 5. The summed E-state index contributed by atoms with van der Waals surface area (Å²) in [6.07, 6.45) is -0.120. The molecule has 182 valence electrons. The van der Waals surface area contributed by atoms with Crippen LogP contribution in [0.25, 0.3) is 0 Å². The van der Waals surface area contributed by atoms with Gasteiger partial charge in [-0.1, -0.05) is 71.9 Å². The predicted octanol–water partition coefficient (Wildman–Crippen LogP) is 3.22. The Morgan fingerprint density at radius 3 is 2.33 bits per heavy atom. The Morgan fingerprint density at radius 2 is 1.61 bits per heavy atom. The molecule has 0 aromatic heterocycles. The lowest BCUT2D eigenvalue weighted by Crippen LogP contribution is -2.48. The molecule has 0 saturated heterocycles. The van der Waals surface area contributed by atoms with Gasteiger partial charge in [0.25, 0.3) is 11.8 Å². The van der Waals surface area contributed by atoms with Gasteiger partial charge in [-0.05, 0) is 35.7 Å². The minimum absolute atomic E-state index is 0.149. The summed E-state index contributed by atoms with van der Waals surface area (Å²) in [6, 6.07) is 24.2. The molecule has 0 unspecified atom stereocenters. The number of carboxylic acids is 1. The normalized spacial score (nSPS) is 19.1. The molecule has 5 rings (SSSR count). The lowest BCUT2D eigenvalue weighted by molar-refractivity contribution is -0.141. The van der Waals surface area contributed by atoms with Crippen molar-refractivity contribution in [3.05, 3.63) is 102 Å². The van der Waals surface area contributed by atoms with E-state index < -0.39 is 30.1 Å². The third-order valence-corrected chi connectivity index (χ3v) is 6.49. The number of rotatable bonds is 7. The molecule has 36 heavy (non-hydrogen) atoms. The molecule has 0 bridgehead atoms. The fourth-order valence-electron chi connectivity index (χ4n) is 4.68. The maximum Gasteiger partial charge on any atom is 0.327 e. The first-order chi connectivity index (χ1) is 17.5. The number of hydrogen-bond donors (Lipinski definition) is 2. The Bertz CT molecular complexity index is 1310. The molecule has 2 aliphatic rings. The molecule has 3 aromatic carbocycles. The fraction of sp³-hybridized carbons (Fsp3) is 0.214. The highest BCUT2D eigenvalue weighted by atomic mass is 16.6. The summed E-state index contributed by atoms with van der Waals surface area (Å²) in [7, 11) is 0. The topological polar surface area (TPSA) is 108 Å². The second kappa shape index (κ2) is 10.0. The third-order valence-electron chi connectivity index (χ3n) is 6.49. The first-order valence-electron chi connectivity index (χ1n) is 11.8. The first kappa shape index (κ1) is 23.3. The molecule has 0 saturated carbocycles. The lowest BCUT2D eigenvalue weighted by Gasteiger charge is -2.25. The van der Waals surface area contributed by atoms with Crippen molar-refractivity contribution in [2.75, 3.05) is 4.90 Å². The molecular formula is C28H25N3O5. The van der Waals surface area contributed by atoms with Crippen LogP contribution in [0.3, 0.4) is 0 Å². The Labute approximate surface area is 208 Å². The van der Waals surface area contributed by atoms with Crippen molar-refractivity contribution < 1.29 is 24.3 Å². The first-order valence-corrected chi connectivity index (χ1v) is 11.8. The SMILES string of the molecule is O=C(N[C@@H](Cc1ccccc1)C1=NO[C@H](C(=O)N2c3ccccc3C[C@H]2C(=O)O)C1)c1ccccc1. The molecule has 8 nitrogen and oxygen atoms in total. The smallest absolute Gasteiger partial charge is 0.327 e. The van der Waals surface area contributed by atoms with E-state index in [1.807, 2.05) is 48.5 Å². The van der Waals surface area contributed by atoms with Crippen LogP contribution in [0, 0.1) is 0 Å². The summed E-state index contributed by atoms with van der Waals surface area (Å²) in [5.41, 5.74) is 3.41. The van der Waals surface area contributed by atoms with Crippen molar-refractivity contribution in [2.45, 2.75) is 37.5 Å². The van der Waals surface area contributed by atoms with Crippen molar-refractivity contribution in [1.29, 1.82) is 0 Å². The Kier molecular flexibility index (Phi) is 6.49. The molecule has 0 aliphatic carbocycles. The van der Waals surface area contributed by atoms with Crippen molar-refractivity contribution in [3.8, 4) is 0 Å². The lowest BCUT2D eigenvalue weighted by atomic mass is 9.97. The van der Waals surface area contributed by atoms with E-state index >= 15 is 0 Å². The third kappa shape index (κ3) is 4.70. The number of anilines is 1. The van der Waals surface area contributed by atoms with Crippen LogP contribution in [0.1, 0.15) is 27.9 Å². The molecule has 3 aromatic rings. The van der Waals surface area contributed by atoms with E-state index in [1.165, 1.54) is 4.90 Å². The number of aliphatic carboxylic acids is 1. The summed E-state index contributed by atoms with van der Waals surface area (Å²) in [6.45, 7) is 0. The van der Waals surface area contributed by atoms with Gasteiger partial charge in [0.15, 0.2) is 0 Å². The zero-order valence-corrected chi connectivity index (χ0v) is 19.4. The number of fused-ring (bicyclic) bond motifs is 1. The van der Waals surface area contributed by atoms with E-state index in [1.54, 1.807) is 36.4 Å². The minimum Gasteiger partial charge on any atom is -0.480 e. The number of oxime groups is 1. The number of amides is 2. The average molecular weight is 484 g/mol. The number of para-hydroxylation sites is 1. The van der Waals surface area contributed by atoms with Gasteiger partial charge in [-0.3, -0.25) is 14.5 Å². The molecule has 0 spiro atoms. The van der Waals surface area contributed by atoms with Crippen LogP contribution < -0.4 is 10.2 Å². The van der Waals surface area contributed by atoms with Crippen LogP contribution in [0.2, 0.25) is 0 Å². The van der Waals surface area contributed by atoms with Crippen LogP contribution >= 0.6 is 0 Å². The molecule has 0 radical (unpaired) electrons. The van der Waals surface area contributed by atoms with Crippen LogP contribution in [-0.2, 0) is 27.3 Å². The average Bonchev–Trinajstić information content (AvgIpc) is 3.55. The van der Waals surface area contributed by atoms with Gasteiger partial charge in [-0.25, -0.2) is 4.79 Å². The predicted molar refractivity (Wildman–Crippen MR) is 134 cm³/mol. The van der Waals surface area contributed by atoms with E-state index in [4.69, 9.17) is 4.84 Å². The fourth-order valence-corrected chi connectivity index (χ4v) is 4.68. The standard InChI is InChI=1S/C28H25N3O5/c32-26(19-11-5-2-6-12-19)29-21(15-18-9-3-1-4-10-18)22-17-25(36-30-22)27(33)31-23-14-8-7-13-20(23)16-24(31)28(34)35/h1-14,21,24-25H,15-17H2,(H,29,32)(H,34,35)/t21-,24-,25-/m0/s1. The van der Waals surface area contributed by atoms with Crippen LogP contribution in [-0.4, -0.2) is 46.8 Å². The molecule has 2 N–H and O–H groups in total. The molecule has 8 heteroatoms. The van der Waals surface area contributed by atoms with Crippen LogP contribution in [0.5, 0.6) is 0 Å². The van der Waals surface area contributed by atoms with Gasteiger partial charge in [-0.2, -0.15) is 0 Å². The largest absolute Gasteiger partial charge is 0.480 e. The van der Waals surface area contributed by atoms with Crippen LogP contribution in [0.4, 0.5) is 5.69 Å². The second-order valence-corrected chi connectivity index (χ2v) is 8.86. The number of nitrogens with zero attached hydrogens (tertiary/aromatic N) is 2. The quantitative estimate of drug-likeness (QED) is 0.537. The molecule has 2 amide bonds. The Hall–Kier alpha value is -4.46.